The van der Waals surface area contributed by atoms with E-state index in [1.807, 2.05) is 232 Å². The number of pyridine rings is 1. The molecule has 0 atom stereocenters. The van der Waals surface area contributed by atoms with Crippen LogP contribution in [-0.4, -0.2) is 184 Å². The van der Waals surface area contributed by atoms with Crippen LogP contribution in [0.4, 0.5) is 67.4 Å². The van der Waals surface area contributed by atoms with E-state index in [0.717, 1.165) is 135 Å². The smallest absolute Gasteiger partial charge is 0.414 e. The molecule has 5 amide bonds. The molecule has 0 saturated carbocycles. The minimum atomic E-state index is -3.33. The van der Waals surface area contributed by atoms with Crippen molar-refractivity contribution < 1.29 is 51.1 Å². The predicted molar refractivity (Wildman–Crippen MR) is 513 cm³/mol. The zero-order chi connectivity index (χ0) is 92.8. The van der Waals surface area contributed by atoms with Gasteiger partial charge in [-0.25, -0.2) is 32.6 Å². The van der Waals surface area contributed by atoms with Crippen LogP contribution >= 0.6 is 0 Å². The summed E-state index contributed by atoms with van der Waals surface area (Å²) in [4.78, 5) is 85.1. The fourth-order valence-electron chi connectivity index (χ4n) is 12.2. The van der Waals surface area contributed by atoms with E-state index in [1.165, 1.54) is 23.6 Å². The normalized spacial score (nSPS) is 11.5. The number of sulfonamides is 1. The van der Waals surface area contributed by atoms with Gasteiger partial charge in [0, 0.05) is 214 Å². The Kier molecular flexibility index (Phi) is 42.4. The van der Waals surface area contributed by atoms with Gasteiger partial charge in [0.15, 0.2) is 23.8 Å². The highest BCUT2D eigenvalue weighted by atomic mass is 32.2. The summed E-state index contributed by atoms with van der Waals surface area (Å²) in [5.41, 5.74) is 28.4. The van der Waals surface area contributed by atoms with Crippen LogP contribution in [0.2, 0.25) is 0 Å². The van der Waals surface area contributed by atoms with Crippen molar-refractivity contribution in [2.45, 2.75) is 57.8 Å². The minimum Gasteiger partial charge on any atom is -0.494 e. The maximum absolute atomic E-state index is 11.9. The third kappa shape index (κ3) is 33.1. The number of carbonyl (C=O) groups is 6. The Morgan fingerprint density at radius 2 is 1.02 bits per heavy atom. The first-order valence-corrected chi connectivity index (χ1v) is 42.4. The van der Waals surface area contributed by atoms with Crippen molar-refractivity contribution in [1.82, 2.24) is 34.4 Å². The summed E-state index contributed by atoms with van der Waals surface area (Å²) in [6.45, 7) is 7.76. The molecule has 0 spiro atoms. The molecule has 2 aliphatic rings. The number of primary amides is 2. The molecule has 0 radical (unpaired) electrons. The number of nitrogens with one attached hydrogen (secondary N) is 10. The Morgan fingerprint density at radius 1 is 0.520 bits per heavy atom. The molecule has 2 saturated heterocycles. The highest BCUT2D eigenvalue weighted by Crippen LogP contribution is 2.34. The van der Waals surface area contributed by atoms with E-state index < -0.39 is 21.8 Å². The highest BCUT2D eigenvalue weighted by molar-refractivity contribution is 7.89. The molecular formula is C95H120N20O11S. The molecule has 3 aromatic heterocycles. The van der Waals surface area contributed by atoms with Gasteiger partial charge in [-0.3, -0.25) is 33.9 Å². The summed E-state index contributed by atoms with van der Waals surface area (Å²) < 4.78 is 42.9. The molecule has 672 valence electrons. The monoisotopic (exact) mass is 1750 g/mol. The number of piperidine rings is 1. The van der Waals surface area contributed by atoms with Crippen LogP contribution in [0.25, 0.3) is 22.7 Å². The number of carbonyl (C=O) groups excluding carboxylic acids is 6. The van der Waals surface area contributed by atoms with E-state index in [9.17, 15) is 37.2 Å². The topological polar surface area (TPSA) is 407 Å². The summed E-state index contributed by atoms with van der Waals surface area (Å²) in [6.07, 6.45) is 12.6. The van der Waals surface area contributed by atoms with Crippen molar-refractivity contribution in [1.29, 1.82) is 0 Å². The van der Waals surface area contributed by atoms with Gasteiger partial charge in [0.2, 0.25) is 27.7 Å². The molecule has 2 fully saturated rings. The highest BCUT2D eigenvalue weighted by Gasteiger charge is 2.25. The second-order valence-corrected chi connectivity index (χ2v) is 30.0. The standard InChI is InChI=1S/C13H18N2O2.C13H14N2.C12H16N2O2.C10H12N4.C10H10N2O.C10H14N2O.C9H11N3O2.C9H14N2O2S.C9H11NO/c1-14-10-6-7-11(12(9-10)17-2)15-8-4-3-5-13(15)16;1-14-13-4-2-3-12(10-13)9-11-5-7-15-8-6-11;1-9-8-10(13-2)4-5-11(9)14-6-3-7-16-12(14)15;1-11-9-5-3-4-8(6-9)10-12-7-13-14(10)2;1-11-9-4-2-3-8(5-9)10-6-12-7-13-10;1-11-9-6-4-5-8(7-9)10(13)12(2)3;1-12-7-3-5(8(10)13)2-6(4-7)9(11)14;1-3-11-14(12,13)9-6-4-5-8(7-9)10-2;1-7(11)8-4-3-5-9(6-8)10-2/h6-7,9,14H,3-5,8H2,1-2H3;2-8,10,14H,9H2,1H3;4-5,8,13H,3,6-7H2,1-2H3;3-7,11H,1-2H3;2-7,11H,1H3;4-7,11H,1-3H3;2-4,12H,1H3,(H2,10,13)(H2,11,14);4-7,10-11H,3H2,1-2H3;3-6,10H,1-2H3. The Bertz CT molecular complexity index is 5550. The lowest BCUT2D eigenvalue weighted by atomic mass is 10.1. The first kappa shape index (κ1) is 101. The molecule has 0 bridgehead atoms. The van der Waals surface area contributed by atoms with E-state index in [1.54, 1.807) is 106 Å². The number of rotatable bonds is 23. The van der Waals surface area contributed by atoms with Gasteiger partial charge in [0.25, 0.3) is 5.91 Å². The SMILES string of the molecule is CCNS(=O)(=O)c1cccc(NC)c1.CNc1cc(C(N)=O)cc(C(N)=O)c1.CNc1ccc(N2CCCCC2=O)c(OC)c1.CNc1ccc(N2CCCOC2=O)c(C)c1.CNc1cccc(-c2cnco2)c1.CNc1cccc(-c2ncnn2C)c1.CNc1cccc(C(=O)N(C)C)c1.CNc1cccc(C(C)=O)c1.CNc1cccc(Cc2ccncc2)c1. The van der Waals surface area contributed by atoms with Gasteiger partial charge in [0.1, 0.15) is 12.1 Å². The number of hydrogen-bond donors (Lipinski definition) is 12. The van der Waals surface area contributed by atoms with Crippen molar-refractivity contribution in [3.05, 3.63) is 283 Å². The lowest BCUT2D eigenvalue weighted by molar-refractivity contribution is -0.119. The molecule has 9 aromatic carbocycles. The quantitative estimate of drug-likeness (QED) is 0.0265. The number of Topliss-reactive ketones (excluding diaryl/α,β-unsaturated/α-hetero) is 1. The number of aryl methyl sites for hydroxylation is 2. The average molecular weight is 1750 g/mol. The first-order valence-electron chi connectivity index (χ1n) is 40.9. The Labute approximate surface area is 745 Å². The summed E-state index contributed by atoms with van der Waals surface area (Å²) in [5.74, 6) is 1.53. The number of nitrogens with two attached hydrogens (primary N) is 2. The molecule has 2 aliphatic heterocycles. The van der Waals surface area contributed by atoms with Crippen molar-refractivity contribution >= 4 is 108 Å². The van der Waals surface area contributed by atoms with Gasteiger partial charge in [-0.2, -0.15) is 5.10 Å². The van der Waals surface area contributed by atoms with Gasteiger partial charge < -0.3 is 83.0 Å². The van der Waals surface area contributed by atoms with Crippen molar-refractivity contribution in [2.75, 3.05) is 169 Å². The number of anilines is 11. The predicted octanol–water partition coefficient (Wildman–Crippen LogP) is 15.6. The number of methoxy groups -OCH3 is 1. The van der Waals surface area contributed by atoms with E-state index in [4.69, 9.17) is 25.4 Å². The van der Waals surface area contributed by atoms with Crippen molar-refractivity contribution in [2.24, 2.45) is 18.5 Å². The summed E-state index contributed by atoms with van der Waals surface area (Å²) in [6, 6.07) is 66.3. The van der Waals surface area contributed by atoms with Crippen molar-refractivity contribution in [3.8, 4) is 28.5 Å². The molecule has 12 aromatic rings. The summed E-state index contributed by atoms with van der Waals surface area (Å²) >= 11 is 0. The summed E-state index contributed by atoms with van der Waals surface area (Å²) in [7, 11) is 20.2. The lowest BCUT2D eigenvalue weighted by Crippen LogP contribution is -2.38. The van der Waals surface area contributed by atoms with Gasteiger partial charge >= 0.3 is 6.09 Å². The zero-order valence-corrected chi connectivity index (χ0v) is 75.9. The average Bonchev–Trinajstić information content (AvgIpc) is 1.67. The molecule has 0 unspecified atom stereocenters. The van der Waals surface area contributed by atoms with Crippen LogP contribution in [0.3, 0.4) is 0 Å². The fraction of sp³-hybridized carbons (Fsp3) is 0.263. The minimum absolute atomic E-state index is 0.0251. The third-order valence-electron chi connectivity index (χ3n) is 19.1. The number of oxazole rings is 1. The lowest BCUT2D eigenvalue weighted by Gasteiger charge is -2.28. The summed E-state index contributed by atoms with van der Waals surface area (Å²) in [5, 5.41) is 31.1. The molecule has 14 rings (SSSR count). The van der Waals surface area contributed by atoms with E-state index in [2.05, 4.69) is 96.9 Å². The fourth-order valence-corrected chi connectivity index (χ4v) is 13.3. The van der Waals surface area contributed by atoms with Gasteiger partial charge in [-0.15, -0.1) is 0 Å². The Morgan fingerprint density at radius 3 is 1.53 bits per heavy atom. The number of benzene rings is 9. The maximum Gasteiger partial charge on any atom is 0.414 e. The number of aromatic nitrogens is 5. The number of cyclic esters (lactones) is 1. The number of ketones is 1. The molecule has 5 heterocycles. The Hall–Kier alpha value is -14.8. The molecule has 127 heavy (non-hydrogen) atoms. The second-order valence-electron chi connectivity index (χ2n) is 28.2. The largest absolute Gasteiger partial charge is 0.494 e. The molecular weight excluding hydrogens is 1630 g/mol. The number of ether oxygens (including phenoxy) is 2. The molecule has 31 nitrogen and oxygen atoms in total. The van der Waals surface area contributed by atoms with E-state index in [-0.39, 0.29) is 39.7 Å². The van der Waals surface area contributed by atoms with Gasteiger partial charge in [-0.05, 0) is 202 Å². The van der Waals surface area contributed by atoms with Crippen LogP contribution in [-0.2, 0) is 33.0 Å². The molecule has 0 aliphatic carbocycles. The first-order chi connectivity index (χ1) is 61.1. The molecule has 32 heteroatoms. The van der Waals surface area contributed by atoms with E-state index in [0.29, 0.717) is 30.8 Å². The maximum atomic E-state index is 11.9. The van der Waals surface area contributed by atoms with Crippen LogP contribution in [0.5, 0.6) is 5.75 Å². The van der Waals surface area contributed by atoms with Gasteiger partial charge in [0.05, 0.1) is 36.2 Å². The second kappa shape index (κ2) is 53.3. The zero-order valence-electron chi connectivity index (χ0n) is 75.1. The van der Waals surface area contributed by atoms with Crippen molar-refractivity contribution in [3.63, 3.8) is 0 Å². The molecule has 14 N–H and O–H groups in total. The van der Waals surface area contributed by atoms with Crippen LogP contribution in [0.1, 0.15) is 97.7 Å². The van der Waals surface area contributed by atoms with Gasteiger partial charge in [-0.1, -0.05) is 67.6 Å². The van der Waals surface area contributed by atoms with Crippen LogP contribution in [0, 0.1) is 6.92 Å². The Balaban J connectivity index is 0.000000221. The van der Waals surface area contributed by atoms with Crippen LogP contribution in [0.15, 0.2) is 253 Å². The van der Waals surface area contributed by atoms with Crippen LogP contribution < -0.4 is 78.6 Å². The third-order valence-corrected chi connectivity index (χ3v) is 20.7. The number of amides is 5. The number of nitrogens with zero attached hydrogens (tertiary/aromatic N) is 8. The van der Waals surface area contributed by atoms with E-state index >= 15 is 0 Å². The number of hydrogen-bond acceptors (Lipinski definition) is 24.